The second-order valence-corrected chi connectivity index (χ2v) is 10.1. The van der Waals surface area contributed by atoms with Gasteiger partial charge in [0, 0.05) is 16.9 Å². The number of nitrogens with zero attached hydrogens (tertiary/aromatic N) is 3. The fourth-order valence-corrected chi connectivity index (χ4v) is 4.48. The van der Waals surface area contributed by atoms with Gasteiger partial charge in [-0.3, -0.25) is 0 Å². The van der Waals surface area contributed by atoms with Crippen LogP contribution >= 0.6 is 12.0 Å². The van der Waals surface area contributed by atoms with Crippen molar-refractivity contribution in [2.45, 2.75) is 53.9 Å². The average Bonchev–Trinajstić information content (AvgIpc) is 2.89. The molecule has 198 valence electrons. The minimum atomic E-state index is 0.113. The molecule has 0 atom stereocenters. The fraction of sp³-hybridized carbons (Fsp3) is 0.281. The molecule has 6 heteroatoms. The van der Waals surface area contributed by atoms with Gasteiger partial charge in [-0.25, -0.2) is 15.0 Å². The lowest BCUT2D eigenvalue weighted by Crippen LogP contribution is -2.02. The summed E-state index contributed by atoms with van der Waals surface area (Å²) in [6.45, 7) is 14.2. The molecule has 0 radical (unpaired) electrons. The van der Waals surface area contributed by atoms with Crippen LogP contribution in [-0.4, -0.2) is 30.4 Å². The predicted molar refractivity (Wildman–Crippen MR) is 161 cm³/mol. The van der Waals surface area contributed by atoms with E-state index in [1.165, 1.54) is 24.0 Å². The normalized spacial score (nSPS) is 10.6. The van der Waals surface area contributed by atoms with Crippen molar-refractivity contribution in [1.29, 1.82) is 0 Å². The van der Waals surface area contributed by atoms with E-state index >= 15 is 0 Å². The summed E-state index contributed by atoms with van der Waals surface area (Å²) in [6, 6.07) is 17.8. The Kier molecular flexibility index (Phi) is 10.6. The first kappa shape index (κ1) is 29.1. The molecule has 38 heavy (non-hydrogen) atoms. The maximum Gasteiger partial charge on any atom is 0.167 e. The van der Waals surface area contributed by atoms with Gasteiger partial charge in [-0.1, -0.05) is 86.0 Å². The van der Waals surface area contributed by atoms with E-state index in [-0.39, 0.29) is 5.75 Å². The van der Waals surface area contributed by atoms with Crippen LogP contribution in [0, 0.1) is 27.7 Å². The van der Waals surface area contributed by atoms with Gasteiger partial charge >= 0.3 is 0 Å². The summed E-state index contributed by atoms with van der Waals surface area (Å²) in [5.41, 5.74) is 7.84. The van der Waals surface area contributed by atoms with E-state index in [1.54, 1.807) is 12.1 Å². The largest absolute Gasteiger partial charge is 0.507 e. The van der Waals surface area contributed by atoms with Crippen molar-refractivity contribution in [3.05, 3.63) is 89.0 Å². The Labute approximate surface area is 231 Å². The zero-order chi connectivity index (χ0) is 27.7. The molecule has 0 fully saturated rings. The molecule has 0 saturated carbocycles. The number of aromatic hydroxyl groups is 1. The highest BCUT2D eigenvalue weighted by Crippen LogP contribution is 2.32. The van der Waals surface area contributed by atoms with Crippen molar-refractivity contribution < 1.29 is 9.66 Å². The van der Waals surface area contributed by atoms with E-state index in [1.807, 2.05) is 24.3 Å². The molecule has 0 aliphatic rings. The second-order valence-electron chi connectivity index (χ2n) is 9.46. The Bertz CT molecular complexity index is 1330. The number of aryl methyl sites for hydroxylation is 4. The van der Waals surface area contributed by atoms with E-state index in [0.717, 1.165) is 52.0 Å². The topological polar surface area (TPSA) is 79.1 Å². The maximum atomic E-state index is 10.6. The highest BCUT2D eigenvalue weighted by Gasteiger charge is 2.17. The summed E-state index contributed by atoms with van der Waals surface area (Å²) < 4.78 is 8.21. The first-order valence-corrected chi connectivity index (χ1v) is 13.8. The van der Waals surface area contributed by atoms with Gasteiger partial charge in [0.15, 0.2) is 17.5 Å². The lowest BCUT2D eigenvalue weighted by Gasteiger charge is -2.12. The van der Waals surface area contributed by atoms with Crippen molar-refractivity contribution >= 4 is 18.1 Å². The smallest absolute Gasteiger partial charge is 0.167 e. The van der Waals surface area contributed by atoms with Crippen LogP contribution in [0.25, 0.3) is 40.2 Å². The molecule has 0 bridgehead atoms. The number of phenols is 1. The van der Waals surface area contributed by atoms with Gasteiger partial charge in [-0.05, 0) is 75.0 Å². The first-order valence-electron chi connectivity index (χ1n) is 12.9. The average molecular weight is 528 g/mol. The SMILES string of the molecule is C=Cc1ccc(-c2nc(-c3ccc(C)cc3C)nc(-c3ccc(C)cc3C)n2)c(O)c1.CCCCCSO. The number of hydrogen-bond acceptors (Lipinski definition) is 6. The van der Waals surface area contributed by atoms with Gasteiger partial charge in [-0.15, -0.1) is 0 Å². The maximum absolute atomic E-state index is 10.6. The predicted octanol–water partition coefficient (Wildman–Crippen LogP) is 8.84. The number of rotatable bonds is 8. The molecule has 0 aliphatic heterocycles. The monoisotopic (exact) mass is 527 g/mol. The summed E-state index contributed by atoms with van der Waals surface area (Å²) in [6.07, 6.45) is 5.32. The van der Waals surface area contributed by atoms with E-state index in [4.69, 9.17) is 19.5 Å². The zero-order valence-electron chi connectivity index (χ0n) is 23.0. The van der Waals surface area contributed by atoms with Crippen molar-refractivity contribution in [3.8, 4) is 39.9 Å². The highest BCUT2D eigenvalue weighted by atomic mass is 32.2. The zero-order valence-corrected chi connectivity index (χ0v) is 23.8. The molecular weight excluding hydrogens is 490 g/mol. The molecule has 0 amide bonds. The van der Waals surface area contributed by atoms with E-state index < -0.39 is 0 Å². The lowest BCUT2D eigenvalue weighted by molar-refractivity contribution is 0.476. The molecule has 0 aliphatic carbocycles. The molecular formula is C32H37N3O2S. The lowest BCUT2D eigenvalue weighted by atomic mass is 10.0. The number of phenolic OH excluding ortho intramolecular Hbond substituents is 1. The van der Waals surface area contributed by atoms with Crippen LogP contribution in [0.2, 0.25) is 0 Å². The summed E-state index contributed by atoms with van der Waals surface area (Å²) in [5, 5.41) is 10.6. The standard InChI is InChI=1S/C27H25N3O.C5H12OS/c1-6-20-9-12-23(24(31)15-20)27-29-25(21-10-7-16(2)13-18(21)4)28-26(30-27)22-11-8-17(3)14-19(22)5;1-2-3-4-5-7-6/h6-15,31H,1H2,2-5H3;6H,2-5H2,1H3. The minimum absolute atomic E-state index is 0.113. The fourth-order valence-electron chi connectivity index (χ4n) is 4.15. The van der Waals surface area contributed by atoms with Crippen LogP contribution in [-0.2, 0) is 0 Å². The van der Waals surface area contributed by atoms with Crippen molar-refractivity contribution in [1.82, 2.24) is 15.0 Å². The summed E-state index contributed by atoms with van der Waals surface area (Å²) in [7, 11) is 0. The molecule has 1 aromatic heterocycles. The van der Waals surface area contributed by atoms with Crippen LogP contribution in [0.4, 0.5) is 0 Å². The molecule has 4 aromatic rings. The Morgan fingerprint density at radius 1 is 0.737 bits per heavy atom. The van der Waals surface area contributed by atoms with E-state index in [0.29, 0.717) is 23.0 Å². The van der Waals surface area contributed by atoms with Gasteiger partial charge < -0.3 is 9.66 Å². The van der Waals surface area contributed by atoms with Crippen LogP contribution in [0.15, 0.2) is 61.2 Å². The Balaban J connectivity index is 0.000000505. The molecule has 2 N–H and O–H groups in total. The Morgan fingerprint density at radius 3 is 1.66 bits per heavy atom. The number of hydrogen-bond donors (Lipinski definition) is 2. The van der Waals surface area contributed by atoms with Crippen molar-refractivity contribution in [2.24, 2.45) is 0 Å². The van der Waals surface area contributed by atoms with Gasteiger partial charge in [0.2, 0.25) is 0 Å². The van der Waals surface area contributed by atoms with Crippen LogP contribution in [0.5, 0.6) is 5.75 Å². The third-order valence-electron chi connectivity index (χ3n) is 6.22. The van der Waals surface area contributed by atoms with E-state index in [9.17, 15) is 5.11 Å². The van der Waals surface area contributed by atoms with Crippen molar-refractivity contribution in [2.75, 3.05) is 5.75 Å². The number of unbranched alkanes of at least 4 members (excludes halogenated alkanes) is 2. The molecule has 3 aromatic carbocycles. The Hall–Kier alpha value is -3.48. The molecule has 1 heterocycles. The van der Waals surface area contributed by atoms with Gasteiger partial charge in [0.25, 0.3) is 0 Å². The highest BCUT2D eigenvalue weighted by molar-refractivity contribution is 7.93. The third-order valence-corrected chi connectivity index (χ3v) is 6.69. The Morgan fingerprint density at radius 2 is 1.24 bits per heavy atom. The summed E-state index contributed by atoms with van der Waals surface area (Å²) >= 11 is 0.942. The van der Waals surface area contributed by atoms with Gasteiger partial charge in [0.05, 0.1) is 5.56 Å². The number of benzene rings is 3. The van der Waals surface area contributed by atoms with Crippen LogP contribution in [0.1, 0.15) is 54.0 Å². The van der Waals surface area contributed by atoms with E-state index in [2.05, 4.69) is 65.5 Å². The van der Waals surface area contributed by atoms with Crippen molar-refractivity contribution in [3.63, 3.8) is 0 Å². The molecule has 0 spiro atoms. The van der Waals surface area contributed by atoms with Crippen LogP contribution < -0.4 is 0 Å². The molecule has 0 saturated heterocycles. The first-order chi connectivity index (χ1) is 18.3. The minimum Gasteiger partial charge on any atom is -0.507 e. The molecule has 5 nitrogen and oxygen atoms in total. The molecule has 4 rings (SSSR count). The second kappa shape index (κ2) is 13.9. The number of aromatic nitrogens is 3. The third kappa shape index (κ3) is 7.53. The summed E-state index contributed by atoms with van der Waals surface area (Å²) in [5.74, 6) is 2.62. The van der Waals surface area contributed by atoms with Crippen LogP contribution in [0.3, 0.4) is 0 Å². The quantitative estimate of drug-likeness (QED) is 0.176. The van der Waals surface area contributed by atoms with Gasteiger partial charge in [-0.2, -0.15) is 0 Å². The molecule has 0 unspecified atom stereocenters. The summed E-state index contributed by atoms with van der Waals surface area (Å²) in [4.78, 5) is 14.3. The van der Waals surface area contributed by atoms with Gasteiger partial charge in [0.1, 0.15) is 5.75 Å².